The first kappa shape index (κ1) is 33.7. The number of carbonyl (C=O) groups excluding carboxylic acids is 3. The zero-order valence-electron chi connectivity index (χ0n) is 25.3. The Morgan fingerprint density at radius 2 is 1.25 bits per heavy atom. The predicted octanol–water partition coefficient (Wildman–Crippen LogP) is 8.44. The molecule has 0 spiro atoms. The van der Waals surface area contributed by atoms with Crippen molar-refractivity contribution in [2.24, 2.45) is 0 Å². The Morgan fingerprint density at radius 1 is 0.688 bits per heavy atom. The van der Waals surface area contributed by atoms with E-state index in [1.165, 1.54) is 6.92 Å². The van der Waals surface area contributed by atoms with Crippen molar-refractivity contribution >= 4 is 46.9 Å². The van der Waals surface area contributed by atoms with Gasteiger partial charge in [-0.25, -0.2) is 17.6 Å². The summed E-state index contributed by atoms with van der Waals surface area (Å²) in [6.45, 7) is 1.44. The molecule has 0 saturated carbocycles. The van der Waals surface area contributed by atoms with Crippen LogP contribution in [0.1, 0.15) is 22.8 Å². The summed E-state index contributed by atoms with van der Waals surface area (Å²) in [5, 5.41) is 6.42. The molecule has 0 aromatic heterocycles. The molecule has 242 valence electrons. The van der Waals surface area contributed by atoms with Gasteiger partial charge in [0, 0.05) is 22.2 Å². The van der Waals surface area contributed by atoms with E-state index in [0.29, 0.717) is 21.7 Å². The summed E-state index contributed by atoms with van der Waals surface area (Å²) in [6.07, 6.45) is 1.56. The Hall–Kier alpha value is -5.68. The minimum Gasteiger partial charge on any atom is -0.321 e. The normalized spacial score (nSPS) is 11.8. The lowest BCUT2D eigenvalue weighted by Gasteiger charge is -2.14. The van der Waals surface area contributed by atoms with Crippen LogP contribution in [0, 0.1) is 23.3 Å². The molecule has 0 bridgehead atoms. The Bertz CT molecular complexity index is 1950. The molecule has 6 nitrogen and oxygen atoms in total. The van der Waals surface area contributed by atoms with Gasteiger partial charge in [-0.3, -0.25) is 14.4 Å². The Kier molecular flexibility index (Phi) is 10.7. The quantitative estimate of drug-likeness (QED) is 0.0603. The first-order valence-corrected chi connectivity index (χ1v) is 15.4. The summed E-state index contributed by atoms with van der Waals surface area (Å²) < 4.78 is 55.0. The molecule has 3 N–H and O–H groups in total. The molecule has 11 heteroatoms. The molecule has 0 aliphatic heterocycles. The zero-order chi connectivity index (χ0) is 34.2. The van der Waals surface area contributed by atoms with Gasteiger partial charge in [-0.2, -0.15) is 0 Å². The number of hydrogen-bond acceptors (Lipinski definition) is 4. The molecule has 0 radical (unpaired) electrons. The maximum absolute atomic E-state index is 14.0. The molecule has 1 atom stereocenters. The Morgan fingerprint density at radius 3 is 1.85 bits per heavy atom. The van der Waals surface area contributed by atoms with Gasteiger partial charge in [0.05, 0.1) is 5.25 Å². The van der Waals surface area contributed by atoms with Gasteiger partial charge in [0.2, 0.25) is 5.91 Å². The lowest BCUT2D eigenvalue weighted by molar-refractivity contribution is -0.115. The minimum atomic E-state index is -1.71. The van der Waals surface area contributed by atoms with Crippen LogP contribution in [0.25, 0.3) is 17.2 Å². The van der Waals surface area contributed by atoms with Crippen molar-refractivity contribution in [3.05, 3.63) is 155 Å². The molecule has 0 heterocycles. The average Bonchev–Trinajstić information content (AvgIpc) is 3.10. The first-order chi connectivity index (χ1) is 23.1. The smallest absolute Gasteiger partial charge is 0.272 e. The van der Waals surface area contributed by atoms with Gasteiger partial charge in [0.15, 0.2) is 23.3 Å². The summed E-state index contributed by atoms with van der Waals surface area (Å²) in [7, 11) is 0. The molecule has 0 aliphatic rings. The number of carbonyl (C=O) groups is 3. The number of anilines is 2. The second-order valence-electron chi connectivity index (χ2n) is 10.4. The van der Waals surface area contributed by atoms with Crippen LogP contribution in [0.2, 0.25) is 0 Å². The third-order valence-corrected chi connectivity index (χ3v) is 8.12. The number of hydrogen-bond donors (Lipinski definition) is 3. The van der Waals surface area contributed by atoms with E-state index in [1.807, 2.05) is 59.9 Å². The number of amides is 3. The van der Waals surface area contributed by atoms with E-state index in [0.717, 1.165) is 22.9 Å². The molecule has 5 aromatic rings. The minimum absolute atomic E-state index is 0.00620. The number of thioether (sulfide) groups is 1. The van der Waals surface area contributed by atoms with Crippen LogP contribution in [-0.2, 0) is 9.59 Å². The number of halogens is 4. The monoisotopic (exact) mass is 669 g/mol. The average molecular weight is 670 g/mol. The summed E-state index contributed by atoms with van der Waals surface area (Å²) in [4.78, 5) is 39.5. The van der Waals surface area contributed by atoms with Crippen LogP contribution in [0.15, 0.2) is 126 Å². The maximum Gasteiger partial charge on any atom is 0.272 e. The van der Waals surface area contributed by atoms with Crippen molar-refractivity contribution in [1.29, 1.82) is 0 Å². The van der Waals surface area contributed by atoms with Crippen LogP contribution < -0.4 is 16.0 Å². The third kappa shape index (κ3) is 8.37. The highest BCUT2D eigenvalue weighted by molar-refractivity contribution is 8.00. The molecule has 0 saturated heterocycles. The van der Waals surface area contributed by atoms with Gasteiger partial charge in [0.25, 0.3) is 11.8 Å². The Balaban J connectivity index is 1.28. The van der Waals surface area contributed by atoms with Crippen LogP contribution in [0.4, 0.5) is 28.9 Å². The Labute approximate surface area is 277 Å². The highest BCUT2D eigenvalue weighted by Crippen LogP contribution is 2.29. The molecule has 0 fully saturated rings. The maximum atomic E-state index is 14.0. The lowest BCUT2D eigenvalue weighted by Crippen LogP contribution is -2.30. The van der Waals surface area contributed by atoms with Crippen LogP contribution in [0.3, 0.4) is 0 Å². The fourth-order valence-corrected chi connectivity index (χ4v) is 5.36. The molecule has 5 aromatic carbocycles. The van der Waals surface area contributed by atoms with Gasteiger partial charge < -0.3 is 16.0 Å². The highest BCUT2D eigenvalue weighted by Gasteiger charge is 2.24. The molecule has 3 amide bonds. The lowest BCUT2D eigenvalue weighted by atomic mass is 10.0. The predicted molar refractivity (Wildman–Crippen MR) is 179 cm³/mol. The number of benzene rings is 5. The van der Waals surface area contributed by atoms with Crippen molar-refractivity contribution in [3.63, 3.8) is 0 Å². The van der Waals surface area contributed by atoms with Gasteiger partial charge in [-0.05, 0) is 66.1 Å². The fourth-order valence-electron chi connectivity index (χ4n) is 4.49. The van der Waals surface area contributed by atoms with Gasteiger partial charge in [-0.1, -0.05) is 72.8 Å². The van der Waals surface area contributed by atoms with Crippen molar-refractivity contribution in [2.75, 3.05) is 10.6 Å². The molecule has 48 heavy (non-hydrogen) atoms. The van der Waals surface area contributed by atoms with E-state index in [2.05, 4.69) is 10.6 Å². The van der Waals surface area contributed by atoms with E-state index in [9.17, 15) is 31.9 Å². The first-order valence-electron chi connectivity index (χ1n) is 14.5. The van der Waals surface area contributed by atoms with Crippen molar-refractivity contribution in [1.82, 2.24) is 5.32 Å². The molecule has 5 rings (SSSR count). The van der Waals surface area contributed by atoms with Gasteiger partial charge in [-0.15, -0.1) is 11.8 Å². The fraction of sp³-hybridized carbons (Fsp3) is 0.0541. The standard InChI is InChI=1S/C37H27F4N3O3S/c1-22(35(45)44-34-32(40)29(38)21-30(39)33(34)41)48-28-18-16-27(17-19-28)42-37(47)31(43-36(46)26-10-6-3-7-11-26)20-23-12-14-25(15-13-23)24-8-4-2-5-9-24/h2-22H,1H3,(H,42,47)(H,43,46)(H,44,45)/b31-20-. The summed E-state index contributed by atoms with van der Waals surface area (Å²) in [5.74, 6) is -8.65. The van der Waals surface area contributed by atoms with Gasteiger partial charge in [0.1, 0.15) is 11.4 Å². The zero-order valence-corrected chi connectivity index (χ0v) is 26.1. The van der Waals surface area contributed by atoms with Crippen LogP contribution in [0.5, 0.6) is 0 Å². The topological polar surface area (TPSA) is 87.3 Å². The second kappa shape index (κ2) is 15.3. The van der Waals surface area contributed by atoms with E-state index < -0.39 is 51.9 Å². The van der Waals surface area contributed by atoms with E-state index in [1.54, 1.807) is 60.7 Å². The SMILES string of the molecule is CC(Sc1ccc(NC(=O)/C(=C/c2ccc(-c3ccccc3)cc2)NC(=O)c2ccccc2)cc1)C(=O)Nc1c(F)c(F)cc(F)c1F. The van der Waals surface area contributed by atoms with Crippen molar-refractivity contribution in [3.8, 4) is 11.1 Å². The number of rotatable bonds is 10. The molecular weight excluding hydrogens is 642 g/mol. The highest BCUT2D eigenvalue weighted by atomic mass is 32.2. The van der Waals surface area contributed by atoms with Crippen molar-refractivity contribution < 1.29 is 31.9 Å². The molecule has 1 unspecified atom stereocenters. The van der Waals surface area contributed by atoms with Crippen LogP contribution in [-0.4, -0.2) is 23.0 Å². The summed E-state index contributed by atoms with van der Waals surface area (Å²) in [6, 6.07) is 32.1. The third-order valence-electron chi connectivity index (χ3n) is 7.01. The number of nitrogens with one attached hydrogen (secondary N) is 3. The largest absolute Gasteiger partial charge is 0.321 e. The second-order valence-corrected chi connectivity index (χ2v) is 11.9. The summed E-state index contributed by atoms with van der Waals surface area (Å²) >= 11 is 1.01. The summed E-state index contributed by atoms with van der Waals surface area (Å²) in [5.41, 5.74) is 2.21. The van der Waals surface area contributed by atoms with E-state index >= 15 is 0 Å². The van der Waals surface area contributed by atoms with E-state index in [4.69, 9.17) is 0 Å². The van der Waals surface area contributed by atoms with Gasteiger partial charge >= 0.3 is 0 Å². The van der Waals surface area contributed by atoms with Crippen molar-refractivity contribution in [2.45, 2.75) is 17.1 Å². The van der Waals surface area contributed by atoms with E-state index in [-0.39, 0.29) is 11.8 Å². The molecule has 0 aliphatic carbocycles. The molecular formula is C37H27F4N3O3S. The van der Waals surface area contributed by atoms with Crippen LogP contribution >= 0.6 is 11.8 Å².